The van der Waals surface area contributed by atoms with E-state index in [9.17, 15) is 0 Å². The summed E-state index contributed by atoms with van der Waals surface area (Å²) in [5, 5.41) is 0. The van der Waals surface area contributed by atoms with Gasteiger partial charge in [0.25, 0.3) is 0 Å². The number of halogens is 1. The van der Waals surface area contributed by atoms with Gasteiger partial charge in [-0.25, -0.2) is 13.1 Å². The number of aryl methyl sites for hydroxylation is 1. The van der Waals surface area contributed by atoms with Gasteiger partial charge in [0.05, 0.1) is 0 Å². The van der Waals surface area contributed by atoms with E-state index in [2.05, 4.69) is 47.8 Å². The molecule has 0 unspecified atom stereocenters. The highest BCUT2D eigenvalue weighted by Gasteiger charge is 2.16. The Morgan fingerprint density at radius 3 is 2.33 bits per heavy atom. The van der Waals surface area contributed by atoms with Gasteiger partial charge in [-0.05, 0) is 12.0 Å². The fourth-order valence-electron chi connectivity index (χ4n) is 1.58. The number of piperazine rings is 1. The van der Waals surface area contributed by atoms with E-state index in [1.807, 2.05) is 12.4 Å². The molecule has 4 nitrogen and oxygen atoms in total. The number of aromatic nitrogens is 2. The van der Waals surface area contributed by atoms with E-state index in [1.165, 1.54) is 5.56 Å². The molecule has 0 bridgehead atoms. The lowest BCUT2D eigenvalue weighted by Gasteiger charge is -2.31. The predicted molar refractivity (Wildman–Crippen MR) is 69.2 cm³/mol. The Morgan fingerprint density at radius 2 is 1.80 bits per heavy atom. The topological polar surface area (TPSA) is 32.3 Å². The molecule has 0 amide bonds. The van der Waals surface area contributed by atoms with E-state index in [1.54, 1.807) is 0 Å². The highest BCUT2D eigenvalue weighted by Crippen LogP contribution is 2.12. The molecule has 15 heavy (non-hydrogen) atoms. The van der Waals surface area contributed by atoms with Crippen LogP contribution < -0.4 is 4.90 Å². The zero-order chi connectivity index (χ0) is 10.7. The molecular formula is C10H15IN4. The summed E-state index contributed by atoms with van der Waals surface area (Å²) >= 11 is 2.36. The second-order valence-electron chi connectivity index (χ2n) is 3.64. The molecule has 0 radical (unpaired) electrons. The molecule has 1 aliphatic rings. The third-order valence-electron chi connectivity index (χ3n) is 2.61. The van der Waals surface area contributed by atoms with Gasteiger partial charge in [0.2, 0.25) is 5.95 Å². The molecule has 1 saturated heterocycles. The van der Waals surface area contributed by atoms with Crippen molar-refractivity contribution in [2.45, 2.75) is 13.3 Å². The van der Waals surface area contributed by atoms with E-state index < -0.39 is 0 Å². The van der Waals surface area contributed by atoms with Crippen molar-refractivity contribution in [1.29, 1.82) is 0 Å². The lowest BCUT2D eigenvalue weighted by Crippen LogP contribution is -2.42. The summed E-state index contributed by atoms with van der Waals surface area (Å²) in [4.78, 5) is 11.0. The van der Waals surface area contributed by atoms with Gasteiger partial charge in [-0.2, -0.15) is 0 Å². The number of nitrogens with zero attached hydrogens (tertiary/aromatic N) is 4. The maximum absolute atomic E-state index is 4.39. The normalized spacial score (nSPS) is 18.1. The molecular weight excluding hydrogens is 303 g/mol. The van der Waals surface area contributed by atoms with Gasteiger partial charge in [-0.15, -0.1) is 0 Å². The van der Waals surface area contributed by atoms with E-state index in [4.69, 9.17) is 0 Å². The maximum Gasteiger partial charge on any atom is 0.225 e. The quantitative estimate of drug-likeness (QED) is 0.611. The zero-order valence-electron chi connectivity index (χ0n) is 8.86. The molecule has 2 heterocycles. The molecule has 0 spiro atoms. The molecule has 0 aromatic carbocycles. The number of anilines is 1. The summed E-state index contributed by atoms with van der Waals surface area (Å²) < 4.78 is 2.30. The molecule has 82 valence electrons. The van der Waals surface area contributed by atoms with Crippen molar-refractivity contribution in [2.75, 3.05) is 31.1 Å². The third-order valence-corrected chi connectivity index (χ3v) is 3.57. The Labute approximate surface area is 104 Å². The minimum absolute atomic E-state index is 0.872. The van der Waals surface area contributed by atoms with Crippen LogP contribution in [0.5, 0.6) is 0 Å². The van der Waals surface area contributed by atoms with E-state index in [0.29, 0.717) is 0 Å². The molecule has 1 aromatic heterocycles. The fraction of sp³-hybridized carbons (Fsp3) is 0.600. The van der Waals surface area contributed by atoms with Gasteiger partial charge in [-0.3, -0.25) is 0 Å². The van der Waals surface area contributed by atoms with Crippen LogP contribution in [0.3, 0.4) is 0 Å². The second-order valence-corrected chi connectivity index (χ2v) is 5.01. The first-order chi connectivity index (χ1) is 7.29. The van der Waals surface area contributed by atoms with Gasteiger partial charge in [0.1, 0.15) is 0 Å². The maximum atomic E-state index is 4.39. The highest BCUT2D eigenvalue weighted by molar-refractivity contribution is 14.1. The van der Waals surface area contributed by atoms with Crippen molar-refractivity contribution in [1.82, 2.24) is 13.1 Å². The average molecular weight is 318 g/mol. The summed E-state index contributed by atoms with van der Waals surface area (Å²) in [6.07, 6.45) is 4.86. The Bertz CT molecular complexity index is 306. The van der Waals surface area contributed by atoms with E-state index >= 15 is 0 Å². The molecule has 0 atom stereocenters. The van der Waals surface area contributed by atoms with Crippen molar-refractivity contribution < 1.29 is 0 Å². The van der Waals surface area contributed by atoms with Crippen LogP contribution in [0.4, 0.5) is 5.95 Å². The molecule has 2 rings (SSSR count). The first kappa shape index (κ1) is 11.1. The van der Waals surface area contributed by atoms with Gasteiger partial charge in [-0.1, -0.05) is 6.92 Å². The molecule has 0 N–H and O–H groups in total. The number of rotatable bonds is 2. The number of hydrogen-bond donors (Lipinski definition) is 0. The zero-order valence-corrected chi connectivity index (χ0v) is 11.0. The van der Waals surface area contributed by atoms with Gasteiger partial charge in [0, 0.05) is 61.4 Å². The van der Waals surface area contributed by atoms with Crippen molar-refractivity contribution in [3.63, 3.8) is 0 Å². The van der Waals surface area contributed by atoms with Crippen LogP contribution in [0, 0.1) is 0 Å². The van der Waals surface area contributed by atoms with Crippen LogP contribution in [-0.4, -0.2) is 39.3 Å². The molecule has 1 aliphatic heterocycles. The fourth-order valence-corrected chi connectivity index (χ4v) is 2.01. The molecule has 1 fully saturated rings. The second kappa shape index (κ2) is 5.07. The van der Waals surface area contributed by atoms with Crippen LogP contribution in [0.15, 0.2) is 12.4 Å². The van der Waals surface area contributed by atoms with E-state index in [-0.39, 0.29) is 0 Å². The monoisotopic (exact) mass is 318 g/mol. The summed E-state index contributed by atoms with van der Waals surface area (Å²) in [5.74, 6) is 0.872. The minimum Gasteiger partial charge on any atom is -0.338 e. The summed E-state index contributed by atoms with van der Waals surface area (Å²) in [5.41, 5.74) is 1.20. The SMILES string of the molecule is CCc1cnc(N2CCN(I)CC2)nc1. The number of hydrogen-bond acceptors (Lipinski definition) is 4. The van der Waals surface area contributed by atoms with Gasteiger partial charge < -0.3 is 4.90 Å². The third kappa shape index (κ3) is 2.78. The summed E-state index contributed by atoms with van der Waals surface area (Å²) in [6, 6.07) is 0. The molecule has 5 heteroatoms. The Kier molecular flexibility index (Phi) is 3.74. The Balaban J connectivity index is 2.03. The lowest BCUT2D eigenvalue weighted by atomic mass is 10.3. The lowest BCUT2D eigenvalue weighted by molar-refractivity contribution is 0.456. The first-order valence-electron chi connectivity index (χ1n) is 5.26. The van der Waals surface area contributed by atoms with Gasteiger partial charge >= 0.3 is 0 Å². The summed E-state index contributed by atoms with van der Waals surface area (Å²) in [6.45, 7) is 6.33. The van der Waals surface area contributed by atoms with Crippen LogP contribution in [-0.2, 0) is 6.42 Å². The Hall–Kier alpha value is -0.430. The van der Waals surface area contributed by atoms with Crippen LogP contribution in [0.1, 0.15) is 12.5 Å². The molecule has 0 saturated carbocycles. The van der Waals surface area contributed by atoms with Crippen molar-refractivity contribution in [2.24, 2.45) is 0 Å². The summed E-state index contributed by atoms with van der Waals surface area (Å²) in [7, 11) is 0. The van der Waals surface area contributed by atoms with Crippen LogP contribution in [0.25, 0.3) is 0 Å². The standard InChI is InChI=1S/C10H15IN4/c1-2-9-7-12-10(13-8-9)14-3-5-15(11)6-4-14/h7-8H,2-6H2,1H3. The first-order valence-corrected chi connectivity index (χ1v) is 6.22. The predicted octanol–water partition coefficient (Wildman–Crippen LogP) is 1.51. The van der Waals surface area contributed by atoms with Crippen molar-refractivity contribution in [3.05, 3.63) is 18.0 Å². The minimum atomic E-state index is 0.872. The Morgan fingerprint density at radius 1 is 1.20 bits per heavy atom. The average Bonchev–Trinajstić information content (AvgIpc) is 2.30. The van der Waals surface area contributed by atoms with Crippen molar-refractivity contribution in [3.8, 4) is 0 Å². The highest BCUT2D eigenvalue weighted by atomic mass is 127. The van der Waals surface area contributed by atoms with Crippen LogP contribution >= 0.6 is 22.9 Å². The van der Waals surface area contributed by atoms with Crippen LogP contribution in [0.2, 0.25) is 0 Å². The molecule has 1 aromatic rings. The smallest absolute Gasteiger partial charge is 0.225 e. The van der Waals surface area contributed by atoms with E-state index in [0.717, 1.165) is 38.5 Å². The van der Waals surface area contributed by atoms with Gasteiger partial charge in [0.15, 0.2) is 0 Å². The largest absolute Gasteiger partial charge is 0.338 e. The molecule has 0 aliphatic carbocycles. The van der Waals surface area contributed by atoms with Crippen molar-refractivity contribution >= 4 is 28.8 Å².